The van der Waals surface area contributed by atoms with Crippen LogP contribution in [0.3, 0.4) is 0 Å². The minimum Gasteiger partial charge on any atom is -0.464 e. The molecule has 3 heterocycles. The molecule has 0 saturated carbocycles. The molecule has 0 bridgehead atoms. The van der Waals surface area contributed by atoms with Gasteiger partial charge in [0.2, 0.25) is 5.82 Å². The Bertz CT molecular complexity index is 868. The third-order valence-electron chi connectivity index (χ3n) is 2.90. The van der Waals surface area contributed by atoms with Crippen molar-refractivity contribution in [1.82, 2.24) is 19.9 Å². The Labute approximate surface area is 136 Å². The molecule has 0 spiro atoms. The molecule has 3 aromatic rings. The summed E-state index contributed by atoms with van der Waals surface area (Å²) < 4.78 is 47.7. The van der Waals surface area contributed by atoms with Gasteiger partial charge in [-0.05, 0) is 18.2 Å². The molecule has 24 heavy (non-hydrogen) atoms. The number of carbonyl (C=O) groups is 1. The van der Waals surface area contributed by atoms with Gasteiger partial charge in [0.15, 0.2) is 5.69 Å². The summed E-state index contributed by atoms with van der Waals surface area (Å²) in [6.07, 6.45) is -3.08. The van der Waals surface area contributed by atoms with Crippen LogP contribution in [0.1, 0.15) is 21.3 Å². The van der Waals surface area contributed by atoms with Crippen LogP contribution in [0, 0.1) is 0 Å². The first kappa shape index (κ1) is 16.2. The molecule has 0 aliphatic carbocycles. The van der Waals surface area contributed by atoms with Crippen molar-refractivity contribution in [3.63, 3.8) is 0 Å². The SMILES string of the molecule is COC(=O)c1ccn(Cc2ccc(-c3noc(C(F)(F)F)n3)s2)n1. The summed E-state index contributed by atoms with van der Waals surface area (Å²) in [5.41, 5.74) is 0.169. The maximum Gasteiger partial charge on any atom is 0.471 e. The van der Waals surface area contributed by atoms with Gasteiger partial charge in [-0.2, -0.15) is 23.3 Å². The number of methoxy groups -OCH3 is 1. The molecule has 0 atom stereocenters. The third kappa shape index (κ3) is 3.30. The summed E-state index contributed by atoms with van der Waals surface area (Å²) in [4.78, 5) is 15.9. The number of hydrogen-bond donors (Lipinski definition) is 0. The normalized spacial score (nSPS) is 11.7. The van der Waals surface area contributed by atoms with Gasteiger partial charge in [0.1, 0.15) is 0 Å². The molecule has 0 aliphatic rings. The van der Waals surface area contributed by atoms with Crippen molar-refractivity contribution in [1.29, 1.82) is 0 Å². The summed E-state index contributed by atoms with van der Waals surface area (Å²) in [7, 11) is 1.26. The highest BCUT2D eigenvalue weighted by Crippen LogP contribution is 2.31. The van der Waals surface area contributed by atoms with Crippen molar-refractivity contribution < 1.29 is 27.2 Å². The Morgan fingerprint density at radius 2 is 2.17 bits per heavy atom. The molecule has 11 heteroatoms. The van der Waals surface area contributed by atoms with Crippen molar-refractivity contribution in [3.05, 3.63) is 40.9 Å². The largest absolute Gasteiger partial charge is 0.471 e. The zero-order valence-corrected chi connectivity index (χ0v) is 12.9. The van der Waals surface area contributed by atoms with Crippen LogP contribution in [0.25, 0.3) is 10.7 Å². The first-order valence-corrected chi connectivity index (χ1v) is 7.30. The standard InChI is InChI=1S/C13H9F3N4O3S/c1-22-11(21)8-4-5-20(18-8)6-7-2-3-9(24-7)10-17-12(23-19-10)13(14,15)16/h2-5H,6H2,1H3. The van der Waals surface area contributed by atoms with Crippen molar-refractivity contribution in [2.75, 3.05) is 7.11 Å². The molecule has 3 aromatic heterocycles. The number of carbonyl (C=O) groups excluding carboxylic acids is 1. The van der Waals surface area contributed by atoms with E-state index in [0.717, 1.165) is 4.88 Å². The topological polar surface area (TPSA) is 83.0 Å². The number of nitrogens with zero attached hydrogens (tertiary/aromatic N) is 4. The number of ether oxygens (including phenoxy) is 1. The van der Waals surface area contributed by atoms with E-state index in [4.69, 9.17) is 0 Å². The van der Waals surface area contributed by atoms with Crippen LogP contribution >= 0.6 is 11.3 Å². The van der Waals surface area contributed by atoms with E-state index in [0.29, 0.717) is 11.4 Å². The summed E-state index contributed by atoms with van der Waals surface area (Å²) >= 11 is 1.20. The average molecular weight is 358 g/mol. The average Bonchev–Trinajstić information content (AvgIpc) is 3.25. The van der Waals surface area contributed by atoms with Crippen LogP contribution in [0.4, 0.5) is 13.2 Å². The molecule has 126 valence electrons. The number of rotatable bonds is 4. The quantitative estimate of drug-likeness (QED) is 0.667. The van der Waals surface area contributed by atoms with E-state index in [9.17, 15) is 18.0 Å². The summed E-state index contributed by atoms with van der Waals surface area (Å²) in [6.45, 7) is 0.339. The van der Waals surface area contributed by atoms with Crippen LogP contribution in [-0.4, -0.2) is 33.0 Å². The molecule has 0 aromatic carbocycles. The first-order chi connectivity index (χ1) is 11.4. The Hall–Kier alpha value is -2.69. The van der Waals surface area contributed by atoms with Gasteiger partial charge in [-0.3, -0.25) is 4.68 Å². The van der Waals surface area contributed by atoms with E-state index in [2.05, 4.69) is 24.5 Å². The van der Waals surface area contributed by atoms with Gasteiger partial charge in [-0.1, -0.05) is 5.16 Å². The molecule has 0 saturated heterocycles. The summed E-state index contributed by atoms with van der Waals surface area (Å²) in [5.74, 6) is -2.07. The number of aromatic nitrogens is 4. The van der Waals surface area contributed by atoms with E-state index in [1.54, 1.807) is 18.3 Å². The minimum absolute atomic E-state index is 0.130. The fourth-order valence-corrected chi connectivity index (χ4v) is 2.77. The van der Waals surface area contributed by atoms with Gasteiger partial charge < -0.3 is 9.26 Å². The van der Waals surface area contributed by atoms with Crippen LogP contribution < -0.4 is 0 Å². The van der Waals surface area contributed by atoms with E-state index in [1.807, 2.05) is 0 Å². The van der Waals surface area contributed by atoms with Gasteiger partial charge in [-0.25, -0.2) is 4.79 Å². The van der Waals surface area contributed by atoms with Gasteiger partial charge in [0, 0.05) is 11.1 Å². The molecule has 0 fully saturated rings. The highest BCUT2D eigenvalue weighted by molar-refractivity contribution is 7.15. The van der Waals surface area contributed by atoms with E-state index < -0.39 is 18.0 Å². The van der Waals surface area contributed by atoms with E-state index in [1.165, 1.54) is 29.2 Å². The number of thiophene rings is 1. The van der Waals surface area contributed by atoms with Crippen molar-refractivity contribution in [2.24, 2.45) is 0 Å². The molecule has 0 aliphatic heterocycles. The highest BCUT2D eigenvalue weighted by Gasteiger charge is 2.38. The number of hydrogen-bond acceptors (Lipinski definition) is 7. The van der Waals surface area contributed by atoms with Gasteiger partial charge in [-0.15, -0.1) is 11.3 Å². The van der Waals surface area contributed by atoms with Crippen LogP contribution in [0.2, 0.25) is 0 Å². The zero-order chi connectivity index (χ0) is 17.3. The lowest BCUT2D eigenvalue weighted by molar-refractivity contribution is -0.159. The lowest BCUT2D eigenvalue weighted by Gasteiger charge is -1.98. The summed E-state index contributed by atoms with van der Waals surface area (Å²) in [5, 5.41) is 7.38. The van der Waals surface area contributed by atoms with Gasteiger partial charge in [0.25, 0.3) is 0 Å². The highest BCUT2D eigenvalue weighted by atomic mass is 32.1. The zero-order valence-electron chi connectivity index (χ0n) is 12.1. The molecule has 7 nitrogen and oxygen atoms in total. The van der Waals surface area contributed by atoms with E-state index in [-0.39, 0.29) is 11.5 Å². The van der Waals surface area contributed by atoms with Gasteiger partial charge in [0.05, 0.1) is 18.5 Å². The fraction of sp³-hybridized carbons (Fsp3) is 0.231. The predicted octanol–water partition coefficient (Wildman–Crippen LogP) is 2.85. The smallest absolute Gasteiger partial charge is 0.464 e. The number of alkyl halides is 3. The lowest BCUT2D eigenvalue weighted by atomic mass is 10.4. The lowest BCUT2D eigenvalue weighted by Crippen LogP contribution is -2.05. The Balaban J connectivity index is 1.75. The Morgan fingerprint density at radius 1 is 1.38 bits per heavy atom. The monoisotopic (exact) mass is 358 g/mol. The molecule has 0 N–H and O–H groups in total. The molecule has 0 radical (unpaired) electrons. The fourth-order valence-electron chi connectivity index (χ4n) is 1.84. The first-order valence-electron chi connectivity index (χ1n) is 6.48. The van der Waals surface area contributed by atoms with E-state index >= 15 is 0 Å². The molecule has 3 rings (SSSR count). The molecule has 0 amide bonds. The van der Waals surface area contributed by atoms with Crippen molar-refractivity contribution in [2.45, 2.75) is 12.7 Å². The van der Waals surface area contributed by atoms with Crippen LogP contribution in [0.5, 0.6) is 0 Å². The second-order valence-corrected chi connectivity index (χ2v) is 5.75. The minimum atomic E-state index is -4.68. The molecular formula is C13H9F3N4O3S. The number of halogens is 3. The second kappa shape index (κ2) is 6.07. The third-order valence-corrected chi connectivity index (χ3v) is 3.97. The second-order valence-electron chi connectivity index (χ2n) is 4.58. The molecular weight excluding hydrogens is 349 g/mol. The van der Waals surface area contributed by atoms with Crippen LogP contribution in [0.15, 0.2) is 28.9 Å². The van der Waals surface area contributed by atoms with Gasteiger partial charge >= 0.3 is 18.0 Å². The van der Waals surface area contributed by atoms with Crippen molar-refractivity contribution in [3.8, 4) is 10.7 Å². The van der Waals surface area contributed by atoms with Crippen molar-refractivity contribution >= 4 is 17.3 Å². The molecule has 0 unspecified atom stereocenters. The van der Waals surface area contributed by atoms with Crippen LogP contribution in [-0.2, 0) is 17.5 Å². The maximum atomic E-state index is 12.5. The number of esters is 1. The Kier molecular flexibility index (Phi) is 4.09. The predicted molar refractivity (Wildman–Crippen MR) is 75.3 cm³/mol. The Morgan fingerprint density at radius 3 is 2.83 bits per heavy atom. The maximum absolute atomic E-state index is 12.5. The summed E-state index contributed by atoms with van der Waals surface area (Å²) in [6, 6.07) is 4.81.